The highest BCUT2D eigenvalue weighted by molar-refractivity contribution is 8.20. The first-order valence-corrected chi connectivity index (χ1v) is 7.49. The highest BCUT2D eigenvalue weighted by Gasteiger charge is 2.77. The lowest BCUT2D eigenvalue weighted by atomic mass is 10.4. The fourth-order valence-corrected chi connectivity index (χ4v) is 2.78. The molecule has 0 atom stereocenters. The second kappa shape index (κ2) is 8.05. The van der Waals surface area contributed by atoms with E-state index in [-0.39, 0.29) is 0 Å². The molecular weight excluding hydrogens is 454 g/mol. The van der Waals surface area contributed by atoms with E-state index in [1.165, 1.54) is 6.07 Å². The summed E-state index contributed by atoms with van der Waals surface area (Å²) >= 11 is -4.19. The van der Waals surface area contributed by atoms with Gasteiger partial charge in [-0.15, -0.1) is 0 Å². The largest absolute Gasteiger partial charge is 0.426 e. The van der Waals surface area contributed by atoms with Crippen molar-refractivity contribution >= 4 is 29.5 Å². The Hall–Kier alpha value is -1.18. The van der Waals surface area contributed by atoms with Crippen LogP contribution in [0.15, 0.2) is 0 Å². The van der Waals surface area contributed by atoms with Crippen molar-refractivity contribution in [1.29, 1.82) is 5.41 Å². The average Bonchev–Trinajstić information content (AvgIpc) is 2.36. The maximum absolute atomic E-state index is 13.0. The van der Waals surface area contributed by atoms with Crippen LogP contribution in [0.1, 0.15) is 0 Å². The molecule has 158 valence electrons. The number of nitrogens with one attached hydrogen (secondary N) is 1. The molecule has 0 aliphatic rings. The molecule has 3 nitrogen and oxygen atoms in total. The standard InChI is InChI=1S/C10H7F12N3S2/c1-25(2)4(23)3-24-27-8(9(17,18)19,10(20,21)22)26-5(6(11,12)13)7(14,15)16/h23H,1-2H3. The van der Waals surface area contributed by atoms with Crippen LogP contribution in [0.2, 0.25) is 0 Å². The Morgan fingerprint density at radius 3 is 1.48 bits per heavy atom. The maximum Gasteiger partial charge on any atom is 0.426 e. The topological polar surface area (TPSA) is 31.5 Å². The molecule has 17 heteroatoms. The van der Waals surface area contributed by atoms with Gasteiger partial charge in [0.15, 0.2) is 0 Å². The first-order valence-electron chi connectivity index (χ1n) is 5.90. The summed E-state index contributed by atoms with van der Waals surface area (Å²) < 4.78 is 150. The number of nitrogens with zero attached hydrogens (tertiary/aromatic N) is 2. The molecule has 0 amide bonds. The lowest BCUT2D eigenvalue weighted by molar-refractivity contribution is -0.236. The van der Waals surface area contributed by atoms with Gasteiger partial charge >= 0.3 is 34.4 Å². The van der Waals surface area contributed by atoms with E-state index in [1.807, 2.05) is 0 Å². The summed E-state index contributed by atoms with van der Waals surface area (Å²) in [7, 11) is 2.20. The smallest absolute Gasteiger partial charge is 0.351 e. The lowest BCUT2D eigenvalue weighted by Gasteiger charge is -2.42. The third kappa shape index (κ3) is 6.43. The van der Waals surface area contributed by atoms with Crippen LogP contribution in [0.5, 0.6) is 0 Å². The minimum atomic E-state index is -6.65. The fourth-order valence-electron chi connectivity index (χ4n) is 1.05. The zero-order valence-electron chi connectivity index (χ0n) is 12.7. The average molecular weight is 461 g/mol. The van der Waals surface area contributed by atoms with Crippen molar-refractivity contribution in [2.24, 2.45) is 0 Å². The number of hydrogen-bond donors (Lipinski definition) is 1. The van der Waals surface area contributed by atoms with Gasteiger partial charge in [0, 0.05) is 18.3 Å². The van der Waals surface area contributed by atoms with Crippen molar-refractivity contribution in [3.05, 3.63) is 9.50 Å². The van der Waals surface area contributed by atoms with Crippen LogP contribution >= 0.6 is 23.7 Å². The van der Waals surface area contributed by atoms with Crippen LogP contribution < -0.4 is 0 Å². The zero-order chi connectivity index (χ0) is 22.1. The number of thioether (sulfide) groups is 1. The van der Waals surface area contributed by atoms with Gasteiger partial charge in [-0.2, -0.15) is 26.3 Å². The highest BCUT2D eigenvalue weighted by Crippen LogP contribution is 2.65. The molecule has 0 spiro atoms. The Labute approximate surface area is 151 Å². The molecule has 0 radical (unpaired) electrons. The van der Waals surface area contributed by atoms with Gasteiger partial charge in [0.1, 0.15) is 0 Å². The Morgan fingerprint density at radius 2 is 1.22 bits per heavy atom. The van der Waals surface area contributed by atoms with Crippen molar-refractivity contribution in [1.82, 2.24) is 4.90 Å². The predicted octanol–water partition coefficient (Wildman–Crippen LogP) is 5.72. The summed E-state index contributed by atoms with van der Waals surface area (Å²) in [5.41, 5.74) is 0. The van der Waals surface area contributed by atoms with E-state index < -0.39 is 63.6 Å². The van der Waals surface area contributed by atoms with Crippen LogP contribution in [0.4, 0.5) is 52.7 Å². The van der Waals surface area contributed by atoms with E-state index >= 15 is 0 Å². The number of rotatable bonds is 3. The quantitative estimate of drug-likeness (QED) is 0.146. The molecular formula is C10H7F12N3S2. The molecule has 0 rings (SSSR count). The van der Waals surface area contributed by atoms with Gasteiger partial charge in [-0.3, -0.25) is 17.2 Å². The van der Waals surface area contributed by atoms with Crippen LogP contribution in [-0.2, 0) is 0 Å². The summed E-state index contributed by atoms with van der Waals surface area (Å²) in [5, 5.41) is 3.11. The molecule has 0 bridgehead atoms. The number of amidine groups is 1. The van der Waals surface area contributed by atoms with Crippen molar-refractivity contribution in [2.75, 3.05) is 14.1 Å². The highest BCUT2D eigenvalue weighted by atomic mass is 32.2. The van der Waals surface area contributed by atoms with Crippen molar-refractivity contribution in [3.8, 4) is 6.07 Å². The molecule has 0 aromatic rings. The Bertz CT molecular complexity index is 564. The first-order chi connectivity index (χ1) is 11.7. The number of halogens is 12. The Kier molecular flexibility index (Phi) is 7.70. The summed E-state index contributed by atoms with van der Waals surface area (Å²) in [6.45, 7) is 0. The molecule has 0 aliphatic carbocycles. The Balaban J connectivity index is 6.39. The Morgan fingerprint density at radius 1 is 0.852 bits per heavy atom. The van der Waals surface area contributed by atoms with E-state index in [0.717, 1.165) is 19.0 Å². The molecule has 0 unspecified atom stereocenters. The van der Waals surface area contributed by atoms with Crippen LogP contribution in [0, 0.1) is 16.7 Å². The molecule has 0 aromatic heterocycles. The SMILES string of the molecule is CN(C)C(=N)C#[N+]SC(S[C-](C(F)(F)F)C(F)(F)F)(C(F)(F)F)C(F)(F)F. The molecule has 0 fully saturated rings. The summed E-state index contributed by atoms with van der Waals surface area (Å²) in [4.78, 5) is 0.795. The molecule has 0 aromatic carbocycles. The predicted molar refractivity (Wildman–Crippen MR) is 74.0 cm³/mol. The van der Waals surface area contributed by atoms with E-state index in [0.29, 0.717) is 0 Å². The van der Waals surface area contributed by atoms with E-state index in [9.17, 15) is 52.7 Å². The number of hydrogen-bond acceptors (Lipinski definition) is 3. The normalized spacial score (nSPS) is 14.0. The third-order valence-corrected chi connectivity index (χ3v) is 5.07. The summed E-state index contributed by atoms with van der Waals surface area (Å²) in [6, 6.07) is 1.34. The summed E-state index contributed by atoms with van der Waals surface area (Å²) in [5.74, 6) is -0.887. The molecule has 0 saturated carbocycles. The van der Waals surface area contributed by atoms with Crippen molar-refractivity contribution in [2.45, 2.75) is 28.8 Å². The van der Waals surface area contributed by atoms with Gasteiger partial charge < -0.3 is 4.90 Å². The minimum absolute atomic E-state index is 0.795. The van der Waals surface area contributed by atoms with E-state index in [1.54, 1.807) is 0 Å². The van der Waals surface area contributed by atoms with Gasteiger partial charge in [0.2, 0.25) is 0 Å². The van der Waals surface area contributed by atoms with Crippen LogP contribution in [0.3, 0.4) is 0 Å². The second-order valence-corrected chi connectivity index (χ2v) is 7.04. The third-order valence-electron chi connectivity index (χ3n) is 2.28. The van der Waals surface area contributed by atoms with Crippen LogP contribution in [-0.4, -0.2) is 53.6 Å². The monoisotopic (exact) mass is 461 g/mol. The van der Waals surface area contributed by atoms with Crippen molar-refractivity contribution in [3.63, 3.8) is 0 Å². The van der Waals surface area contributed by atoms with Gasteiger partial charge in [-0.1, -0.05) is 5.25 Å². The van der Waals surface area contributed by atoms with Gasteiger partial charge in [-0.05, 0) is 0 Å². The molecule has 0 heterocycles. The first kappa shape index (κ1) is 25.8. The second-order valence-electron chi connectivity index (χ2n) is 4.58. The van der Waals surface area contributed by atoms with Crippen molar-refractivity contribution < 1.29 is 52.7 Å². The maximum atomic E-state index is 13.0. The van der Waals surface area contributed by atoms with E-state index in [2.05, 4.69) is 4.25 Å². The fraction of sp³-hybridized carbons (Fsp3) is 0.700. The molecule has 0 saturated heterocycles. The van der Waals surface area contributed by atoms with Gasteiger partial charge in [0.05, 0.1) is 0 Å². The molecule has 0 aliphatic heterocycles. The van der Waals surface area contributed by atoms with Gasteiger partial charge in [-0.25, -0.2) is 26.3 Å². The molecule has 1 N–H and O–H groups in total. The molecule has 27 heavy (non-hydrogen) atoms. The van der Waals surface area contributed by atoms with E-state index in [4.69, 9.17) is 5.41 Å². The number of alkyl halides is 12. The minimum Gasteiger partial charge on any atom is -0.351 e. The lowest BCUT2D eigenvalue weighted by Crippen LogP contribution is -2.53. The zero-order valence-corrected chi connectivity index (χ0v) is 14.4. The van der Waals surface area contributed by atoms with Crippen LogP contribution in [0.25, 0.3) is 4.25 Å². The summed E-state index contributed by atoms with van der Waals surface area (Å²) in [6.07, 6.45) is -26.4. The van der Waals surface area contributed by atoms with Gasteiger partial charge in [0.25, 0.3) is 18.2 Å².